The standard InChI is InChI=1S/C24H31FN5O/c1-16(2)18-7-6-8-19(13-18)24-26-28(5)30(27-24)20-14-21(17(3)4)23(25)22(15-20)29-9-11-31-12-10-29/h6-8,13-17H,9-12H2,1-5H3/q+1. The molecule has 164 valence electrons. The van der Waals surface area contributed by atoms with Crippen molar-refractivity contribution in [3.8, 4) is 17.1 Å². The first-order valence-electron chi connectivity index (χ1n) is 11.0. The molecule has 0 unspecified atom stereocenters. The van der Waals surface area contributed by atoms with E-state index in [0.717, 1.165) is 11.3 Å². The third-order valence-electron chi connectivity index (χ3n) is 5.79. The van der Waals surface area contributed by atoms with Crippen LogP contribution in [0.2, 0.25) is 0 Å². The molecule has 0 spiro atoms. The lowest BCUT2D eigenvalue weighted by Crippen LogP contribution is -2.41. The average molecular weight is 425 g/mol. The summed E-state index contributed by atoms with van der Waals surface area (Å²) in [6.45, 7) is 10.9. The van der Waals surface area contributed by atoms with Gasteiger partial charge in [-0.05, 0) is 52.3 Å². The van der Waals surface area contributed by atoms with Crippen LogP contribution in [-0.4, -0.2) is 41.3 Å². The van der Waals surface area contributed by atoms with E-state index in [4.69, 9.17) is 9.84 Å². The van der Waals surface area contributed by atoms with Crippen LogP contribution in [0.4, 0.5) is 10.1 Å². The predicted molar refractivity (Wildman–Crippen MR) is 119 cm³/mol. The van der Waals surface area contributed by atoms with E-state index in [0.29, 0.717) is 49.3 Å². The Kier molecular flexibility index (Phi) is 6.05. The van der Waals surface area contributed by atoms with Gasteiger partial charge in [-0.2, -0.15) is 0 Å². The van der Waals surface area contributed by atoms with Crippen LogP contribution in [0.3, 0.4) is 0 Å². The minimum Gasteiger partial charge on any atom is -0.378 e. The van der Waals surface area contributed by atoms with Gasteiger partial charge in [0.15, 0.2) is 0 Å². The second-order valence-corrected chi connectivity index (χ2v) is 8.70. The van der Waals surface area contributed by atoms with Crippen molar-refractivity contribution in [2.24, 2.45) is 7.05 Å². The summed E-state index contributed by atoms with van der Waals surface area (Å²) in [5.74, 6) is 0.968. The quantitative estimate of drug-likeness (QED) is 0.582. The zero-order valence-electron chi connectivity index (χ0n) is 19.0. The van der Waals surface area contributed by atoms with Gasteiger partial charge in [-0.1, -0.05) is 44.6 Å². The molecule has 1 aromatic heterocycles. The van der Waals surface area contributed by atoms with Crippen LogP contribution in [-0.2, 0) is 11.8 Å². The van der Waals surface area contributed by atoms with Crippen molar-refractivity contribution in [2.45, 2.75) is 39.5 Å². The fourth-order valence-corrected chi connectivity index (χ4v) is 3.92. The van der Waals surface area contributed by atoms with Gasteiger partial charge in [0.2, 0.25) is 0 Å². The number of benzene rings is 2. The molecule has 0 N–H and O–H groups in total. The first-order valence-corrected chi connectivity index (χ1v) is 11.0. The Morgan fingerprint density at radius 2 is 1.77 bits per heavy atom. The molecule has 4 rings (SSSR count). The molecular weight excluding hydrogens is 393 g/mol. The Labute approximate surface area is 183 Å². The van der Waals surface area contributed by atoms with Gasteiger partial charge < -0.3 is 9.64 Å². The molecule has 2 heterocycles. The Hall–Kier alpha value is -2.80. The molecule has 0 bridgehead atoms. The van der Waals surface area contributed by atoms with Crippen molar-refractivity contribution in [3.63, 3.8) is 0 Å². The molecule has 31 heavy (non-hydrogen) atoms. The molecule has 1 aliphatic heterocycles. The molecule has 0 atom stereocenters. The van der Waals surface area contributed by atoms with Gasteiger partial charge in [0.25, 0.3) is 0 Å². The smallest absolute Gasteiger partial charge is 0.339 e. The molecule has 2 aromatic carbocycles. The average Bonchev–Trinajstić information content (AvgIpc) is 3.16. The SMILES string of the molecule is CC(C)c1cccc(-c2nn(-c3cc(C(C)C)c(F)c(N4CCOCC4)c3)[n+](C)n2)c1. The summed E-state index contributed by atoms with van der Waals surface area (Å²) in [4.78, 5) is 5.50. The highest BCUT2D eigenvalue weighted by molar-refractivity contribution is 5.58. The molecule has 6 nitrogen and oxygen atoms in total. The molecule has 1 fully saturated rings. The molecule has 1 saturated heterocycles. The first kappa shape index (κ1) is 21.4. The van der Waals surface area contributed by atoms with E-state index in [2.05, 4.69) is 36.0 Å². The minimum absolute atomic E-state index is 0.0516. The summed E-state index contributed by atoms with van der Waals surface area (Å²) < 4.78 is 20.8. The highest BCUT2D eigenvalue weighted by Gasteiger charge is 2.25. The lowest BCUT2D eigenvalue weighted by Gasteiger charge is -2.30. The minimum atomic E-state index is -0.159. The lowest BCUT2D eigenvalue weighted by atomic mass is 10.0. The largest absolute Gasteiger partial charge is 0.378 e. The van der Waals surface area contributed by atoms with Gasteiger partial charge in [-0.25, -0.2) is 4.39 Å². The predicted octanol–water partition coefficient (Wildman–Crippen LogP) is 3.98. The molecule has 1 aliphatic rings. The van der Waals surface area contributed by atoms with Gasteiger partial charge in [-0.15, -0.1) is 0 Å². The van der Waals surface area contributed by atoms with Crippen molar-refractivity contribution in [2.75, 3.05) is 31.2 Å². The maximum Gasteiger partial charge on any atom is 0.339 e. The monoisotopic (exact) mass is 424 g/mol. The van der Waals surface area contributed by atoms with Crippen molar-refractivity contribution >= 4 is 5.69 Å². The number of rotatable bonds is 5. The van der Waals surface area contributed by atoms with E-state index in [1.54, 1.807) is 9.59 Å². The number of ether oxygens (including phenoxy) is 1. The van der Waals surface area contributed by atoms with Crippen LogP contribution in [0.1, 0.15) is 50.7 Å². The number of tetrazole rings is 1. The summed E-state index contributed by atoms with van der Waals surface area (Å²) in [6, 6.07) is 12.1. The highest BCUT2D eigenvalue weighted by atomic mass is 19.1. The molecule has 0 radical (unpaired) electrons. The highest BCUT2D eigenvalue weighted by Crippen LogP contribution is 2.31. The first-order chi connectivity index (χ1) is 14.8. The number of morpholine rings is 1. The lowest BCUT2D eigenvalue weighted by molar-refractivity contribution is -0.800. The molecular formula is C24H31FN5O+. The fraction of sp³-hybridized carbons (Fsp3) is 0.458. The van der Waals surface area contributed by atoms with Crippen LogP contribution >= 0.6 is 0 Å². The third-order valence-corrected chi connectivity index (χ3v) is 5.79. The number of hydrogen-bond donors (Lipinski definition) is 0. The molecule has 0 aliphatic carbocycles. The van der Waals surface area contributed by atoms with Gasteiger partial charge in [-0.3, -0.25) is 0 Å². The number of aryl methyl sites for hydroxylation is 1. The second-order valence-electron chi connectivity index (χ2n) is 8.70. The fourth-order valence-electron chi connectivity index (χ4n) is 3.92. The van der Waals surface area contributed by atoms with Gasteiger partial charge in [0.05, 0.1) is 29.6 Å². The van der Waals surface area contributed by atoms with E-state index in [1.807, 2.05) is 45.2 Å². The number of nitrogens with zero attached hydrogens (tertiary/aromatic N) is 5. The van der Waals surface area contributed by atoms with Gasteiger partial charge in [0.1, 0.15) is 18.6 Å². The summed E-state index contributed by atoms with van der Waals surface area (Å²) in [7, 11) is 1.86. The number of halogens is 1. The topological polar surface area (TPSA) is 47.1 Å². The molecule has 3 aromatic rings. The number of aromatic nitrogens is 4. The second kappa shape index (κ2) is 8.75. The molecule has 0 amide bonds. The van der Waals surface area contributed by atoms with Crippen molar-refractivity contribution in [1.82, 2.24) is 15.0 Å². The van der Waals surface area contributed by atoms with Gasteiger partial charge in [0, 0.05) is 17.9 Å². The number of hydrogen-bond acceptors (Lipinski definition) is 4. The maximum atomic E-state index is 15.4. The normalized spacial score (nSPS) is 14.6. The van der Waals surface area contributed by atoms with Crippen LogP contribution in [0.25, 0.3) is 17.1 Å². The van der Waals surface area contributed by atoms with E-state index in [9.17, 15) is 0 Å². The van der Waals surface area contributed by atoms with E-state index in [1.165, 1.54) is 5.56 Å². The Morgan fingerprint density at radius 3 is 2.45 bits per heavy atom. The zero-order valence-corrected chi connectivity index (χ0v) is 19.0. The van der Waals surface area contributed by atoms with Crippen LogP contribution < -0.4 is 9.70 Å². The van der Waals surface area contributed by atoms with Crippen LogP contribution in [0.5, 0.6) is 0 Å². The number of anilines is 1. The summed E-state index contributed by atoms with van der Waals surface area (Å²) >= 11 is 0. The molecule has 0 saturated carbocycles. The van der Waals surface area contributed by atoms with Crippen LogP contribution in [0, 0.1) is 5.82 Å². The zero-order chi connectivity index (χ0) is 22.1. The van der Waals surface area contributed by atoms with E-state index < -0.39 is 0 Å². The summed E-state index contributed by atoms with van der Waals surface area (Å²) in [5.41, 5.74) is 4.30. The van der Waals surface area contributed by atoms with E-state index in [-0.39, 0.29) is 11.7 Å². The maximum absolute atomic E-state index is 15.4. The summed E-state index contributed by atoms with van der Waals surface area (Å²) in [5, 5.41) is 9.41. The van der Waals surface area contributed by atoms with Crippen molar-refractivity contribution in [3.05, 3.63) is 53.3 Å². The van der Waals surface area contributed by atoms with E-state index >= 15 is 4.39 Å². The van der Waals surface area contributed by atoms with Crippen molar-refractivity contribution in [1.29, 1.82) is 0 Å². The Morgan fingerprint density at radius 1 is 1.03 bits per heavy atom. The van der Waals surface area contributed by atoms with Gasteiger partial charge >= 0.3 is 5.82 Å². The Bertz CT molecular complexity index is 1070. The molecule has 7 heteroatoms. The summed E-state index contributed by atoms with van der Waals surface area (Å²) in [6.07, 6.45) is 0. The Balaban J connectivity index is 1.79. The van der Waals surface area contributed by atoms with Crippen LogP contribution in [0.15, 0.2) is 36.4 Å². The third kappa shape index (κ3) is 4.32. The van der Waals surface area contributed by atoms with Crippen molar-refractivity contribution < 1.29 is 13.9 Å².